The van der Waals surface area contributed by atoms with Crippen molar-refractivity contribution in [2.24, 2.45) is 0 Å². The van der Waals surface area contributed by atoms with Gasteiger partial charge in [0, 0.05) is 23.5 Å². The van der Waals surface area contributed by atoms with E-state index in [-0.39, 0.29) is 5.91 Å². The van der Waals surface area contributed by atoms with E-state index in [0.717, 1.165) is 41.0 Å². The summed E-state index contributed by atoms with van der Waals surface area (Å²) in [5.74, 6) is 0.0709. The van der Waals surface area contributed by atoms with E-state index in [2.05, 4.69) is 0 Å². The average Bonchev–Trinajstić information content (AvgIpc) is 2.81. The fourth-order valence-electron chi connectivity index (χ4n) is 2.59. The molecule has 0 aromatic heterocycles. The van der Waals surface area contributed by atoms with Crippen LogP contribution in [0.3, 0.4) is 0 Å². The summed E-state index contributed by atoms with van der Waals surface area (Å²) < 4.78 is 0. The van der Waals surface area contributed by atoms with E-state index in [4.69, 9.17) is 5.73 Å². The molecule has 0 radical (unpaired) electrons. The molecular formula is C16H16N2O. The van der Waals surface area contributed by atoms with Gasteiger partial charge in [0.2, 0.25) is 0 Å². The monoisotopic (exact) mass is 252 g/mol. The molecule has 2 N–H and O–H groups in total. The van der Waals surface area contributed by atoms with E-state index in [9.17, 15) is 4.79 Å². The second kappa shape index (κ2) is 4.43. The van der Waals surface area contributed by atoms with Gasteiger partial charge in [-0.3, -0.25) is 4.79 Å². The lowest BCUT2D eigenvalue weighted by molar-refractivity contribution is 0.0989. The fourth-order valence-corrected chi connectivity index (χ4v) is 2.59. The summed E-state index contributed by atoms with van der Waals surface area (Å²) in [6.45, 7) is 2.69. The molecule has 1 aliphatic heterocycles. The third-order valence-corrected chi connectivity index (χ3v) is 3.62. The van der Waals surface area contributed by atoms with Crippen molar-refractivity contribution >= 4 is 17.3 Å². The maximum atomic E-state index is 12.6. The number of anilines is 2. The Kier molecular flexibility index (Phi) is 2.75. The normalized spacial score (nSPS) is 13.4. The summed E-state index contributed by atoms with van der Waals surface area (Å²) in [5, 5.41) is 0. The molecule has 2 aromatic rings. The van der Waals surface area contributed by atoms with Crippen LogP contribution < -0.4 is 10.6 Å². The summed E-state index contributed by atoms with van der Waals surface area (Å²) in [6, 6.07) is 13.4. The molecular weight excluding hydrogens is 236 g/mol. The summed E-state index contributed by atoms with van der Waals surface area (Å²) in [6.07, 6.45) is 0.873. The molecule has 0 atom stereocenters. The number of fused-ring (bicyclic) bond motifs is 1. The van der Waals surface area contributed by atoms with E-state index in [1.807, 2.05) is 54.3 Å². The van der Waals surface area contributed by atoms with Crippen LogP contribution in [0.2, 0.25) is 0 Å². The molecule has 96 valence electrons. The number of hydrogen-bond donors (Lipinski definition) is 1. The molecule has 0 fully saturated rings. The van der Waals surface area contributed by atoms with Gasteiger partial charge in [0.25, 0.3) is 5.91 Å². The zero-order valence-corrected chi connectivity index (χ0v) is 10.9. The zero-order chi connectivity index (χ0) is 13.4. The van der Waals surface area contributed by atoms with Crippen LogP contribution in [-0.4, -0.2) is 12.5 Å². The van der Waals surface area contributed by atoms with Crippen LogP contribution in [0.5, 0.6) is 0 Å². The Balaban J connectivity index is 1.98. The predicted octanol–water partition coefficient (Wildman–Crippen LogP) is 2.78. The van der Waals surface area contributed by atoms with Crippen LogP contribution in [0.1, 0.15) is 21.5 Å². The summed E-state index contributed by atoms with van der Waals surface area (Å²) in [4.78, 5) is 14.5. The quantitative estimate of drug-likeness (QED) is 0.793. The van der Waals surface area contributed by atoms with Crippen molar-refractivity contribution in [2.75, 3.05) is 17.2 Å². The Bertz CT molecular complexity index is 649. The van der Waals surface area contributed by atoms with E-state index in [0.29, 0.717) is 0 Å². The van der Waals surface area contributed by atoms with Gasteiger partial charge >= 0.3 is 0 Å². The topological polar surface area (TPSA) is 46.3 Å². The molecule has 0 bridgehead atoms. The lowest BCUT2D eigenvalue weighted by atomic mass is 10.1. The van der Waals surface area contributed by atoms with Gasteiger partial charge in [-0.15, -0.1) is 0 Å². The van der Waals surface area contributed by atoms with Gasteiger partial charge in [-0.1, -0.05) is 18.2 Å². The first-order valence-corrected chi connectivity index (χ1v) is 6.43. The third-order valence-electron chi connectivity index (χ3n) is 3.62. The number of nitrogen functional groups attached to an aromatic ring is 1. The van der Waals surface area contributed by atoms with Gasteiger partial charge in [-0.2, -0.15) is 0 Å². The highest BCUT2D eigenvalue weighted by Gasteiger charge is 2.26. The Morgan fingerprint density at radius 3 is 2.79 bits per heavy atom. The largest absolute Gasteiger partial charge is 0.399 e. The SMILES string of the molecule is Cc1ccccc1C(=O)N1CCc2cc(N)ccc21. The molecule has 0 saturated carbocycles. The fraction of sp³-hybridized carbons (Fsp3) is 0.188. The van der Waals surface area contributed by atoms with Crippen molar-refractivity contribution in [1.82, 2.24) is 0 Å². The standard InChI is InChI=1S/C16H16N2O/c1-11-4-2-3-5-14(11)16(19)18-9-8-12-10-13(17)6-7-15(12)18/h2-7,10H,8-9,17H2,1H3. The smallest absolute Gasteiger partial charge is 0.258 e. The van der Waals surface area contributed by atoms with Crippen molar-refractivity contribution in [2.45, 2.75) is 13.3 Å². The Morgan fingerprint density at radius 2 is 2.00 bits per heavy atom. The van der Waals surface area contributed by atoms with E-state index in [1.165, 1.54) is 0 Å². The summed E-state index contributed by atoms with van der Waals surface area (Å²) >= 11 is 0. The van der Waals surface area contributed by atoms with E-state index < -0.39 is 0 Å². The number of aryl methyl sites for hydroxylation is 1. The molecule has 0 aliphatic carbocycles. The van der Waals surface area contributed by atoms with Crippen LogP contribution in [0.15, 0.2) is 42.5 Å². The molecule has 3 nitrogen and oxygen atoms in total. The van der Waals surface area contributed by atoms with Gasteiger partial charge in [-0.05, 0) is 48.7 Å². The Labute approximate surface area is 112 Å². The van der Waals surface area contributed by atoms with Gasteiger partial charge in [0.15, 0.2) is 0 Å². The van der Waals surface area contributed by atoms with Crippen LogP contribution >= 0.6 is 0 Å². The molecule has 0 saturated heterocycles. The maximum absolute atomic E-state index is 12.6. The minimum Gasteiger partial charge on any atom is -0.399 e. The highest BCUT2D eigenvalue weighted by Crippen LogP contribution is 2.31. The Hall–Kier alpha value is -2.29. The molecule has 1 amide bonds. The third kappa shape index (κ3) is 1.97. The minimum atomic E-state index is 0.0709. The average molecular weight is 252 g/mol. The van der Waals surface area contributed by atoms with Crippen molar-refractivity contribution < 1.29 is 4.79 Å². The van der Waals surface area contributed by atoms with Crippen LogP contribution in [0.4, 0.5) is 11.4 Å². The molecule has 1 aliphatic rings. The number of hydrogen-bond acceptors (Lipinski definition) is 2. The molecule has 3 heteroatoms. The lowest BCUT2D eigenvalue weighted by Crippen LogP contribution is -2.29. The number of carbonyl (C=O) groups excluding carboxylic acids is 1. The van der Waals surface area contributed by atoms with E-state index in [1.54, 1.807) is 0 Å². The molecule has 0 unspecified atom stereocenters. The Morgan fingerprint density at radius 1 is 1.21 bits per heavy atom. The van der Waals surface area contributed by atoms with Gasteiger partial charge in [0.05, 0.1) is 0 Å². The van der Waals surface area contributed by atoms with E-state index >= 15 is 0 Å². The predicted molar refractivity (Wildman–Crippen MR) is 77.4 cm³/mol. The molecule has 0 spiro atoms. The summed E-state index contributed by atoms with van der Waals surface area (Å²) in [7, 11) is 0. The van der Waals surface area contributed by atoms with Crippen LogP contribution in [-0.2, 0) is 6.42 Å². The molecule has 1 heterocycles. The highest BCUT2D eigenvalue weighted by atomic mass is 16.2. The second-order valence-electron chi connectivity index (χ2n) is 4.91. The van der Waals surface area contributed by atoms with Crippen molar-refractivity contribution in [3.05, 3.63) is 59.2 Å². The van der Waals surface area contributed by atoms with Crippen LogP contribution in [0.25, 0.3) is 0 Å². The first kappa shape index (κ1) is 11.8. The molecule has 2 aromatic carbocycles. The number of benzene rings is 2. The first-order valence-electron chi connectivity index (χ1n) is 6.43. The zero-order valence-electron chi connectivity index (χ0n) is 10.9. The van der Waals surface area contributed by atoms with Crippen molar-refractivity contribution in [3.63, 3.8) is 0 Å². The first-order chi connectivity index (χ1) is 9.16. The van der Waals surface area contributed by atoms with Gasteiger partial charge in [0.1, 0.15) is 0 Å². The number of carbonyl (C=O) groups is 1. The van der Waals surface area contributed by atoms with Crippen molar-refractivity contribution in [1.29, 1.82) is 0 Å². The maximum Gasteiger partial charge on any atom is 0.258 e. The highest BCUT2D eigenvalue weighted by molar-refractivity contribution is 6.08. The van der Waals surface area contributed by atoms with Crippen LogP contribution in [0, 0.1) is 6.92 Å². The summed E-state index contributed by atoms with van der Waals surface area (Å²) in [5.41, 5.74) is 10.5. The molecule has 19 heavy (non-hydrogen) atoms. The number of rotatable bonds is 1. The number of nitrogens with two attached hydrogens (primary N) is 1. The lowest BCUT2D eigenvalue weighted by Gasteiger charge is -2.18. The van der Waals surface area contributed by atoms with Crippen molar-refractivity contribution in [3.8, 4) is 0 Å². The second-order valence-corrected chi connectivity index (χ2v) is 4.91. The van der Waals surface area contributed by atoms with Gasteiger partial charge < -0.3 is 10.6 Å². The molecule has 3 rings (SSSR count). The van der Waals surface area contributed by atoms with Gasteiger partial charge in [-0.25, -0.2) is 0 Å². The number of amides is 1. The number of nitrogens with zero attached hydrogens (tertiary/aromatic N) is 1. The minimum absolute atomic E-state index is 0.0709.